The van der Waals surface area contributed by atoms with Crippen LogP contribution in [0.4, 0.5) is 0 Å². The minimum absolute atomic E-state index is 0.0962. The molecule has 2 aromatic carbocycles. The summed E-state index contributed by atoms with van der Waals surface area (Å²) in [4.78, 5) is 31.7. The SMILES string of the molecule is COC(=O)C1Cc2c(ncn2CCc2ccccc2)CN1C(=O)Cc1ccccc1. The summed E-state index contributed by atoms with van der Waals surface area (Å²) in [5.74, 6) is -0.487. The maximum atomic E-state index is 13.0. The molecule has 0 saturated carbocycles. The van der Waals surface area contributed by atoms with Crippen LogP contribution in [-0.4, -0.2) is 39.5 Å². The lowest BCUT2D eigenvalue weighted by Gasteiger charge is -2.34. The maximum absolute atomic E-state index is 13.0. The predicted molar refractivity (Wildman–Crippen MR) is 113 cm³/mol. The lowest BCUT2D eigenvalue weighted by molar-refractivity contribution is -0.153. The van der Waals surface area contributed by atoms with E-state index in [9.17, 15) is 9.59 Å². The number of rotatable bonds is 6. The summed E-state index contributed by atoms with van der Waals surface area (Å²) >= 11 is 0. The van der Waals surface area contributed by atoms with Gasteiger partial charge < -0.3 is 14.2 Å². The van der Waals surface area contributed by atoms with Crippen molar-refractivity contribution in [3.63, 3.8) is 0 Å². The van der Waals surface area contributed by atoms with E-state index in [1.807, 2.05) is 54.9 Å². The Morgan fingerprint density at radius 1 is 1.03 bits per heavy atom. The quantitative estimate of drug-likeness (QED) is 0.594. The number of amides is 1. The van der Waals surface area contributed by atoms with Crippen LogP contribution in [0.2, 0.25) is 0 Å². The molecule has 0 fully saturated rings. The molecule has 3 aromatic rings. The molecule has 1 amide bonds. The molecule has 0 aliphatic carbocycles. The lowest BCUT2D eigenvalue weighted by Crippen LogP contribution is -2.50. The molecule has 1 aliphatic rings. The van der Waals surface area contributed by atoms with E-state index < -0.39 is 12.0 Å². The second-order valence-electron chi connectivity index (χ2n) is 7.49. The summed E-state index contributed by atoms with van der Waals surface area (Å²) < 4.78 is 7.11. The van der Waals surface area contributed by atoms with Gasteiger partial charge in [-0.15, -0.1) is 0 Å². The number of ether oxygens (including phenoxy) is 1. The van der Waals surface area contributed by atoms with Crippen molar-refractivity contribution in [3.8, 4) is 0 Å². The highest BCUT2D eigenvalue weighted by Crippen LogP contribution is 2.25. The molecule has 0 N–H and O–H groups in total. The number of benzene rings is 2. The molecule has 1 aromatic heterocycles. The number of fused-ring (bicyclic) bond motifs is 1. The van der Waals surface area contributed by atoms with Crippen LogP contribution in [0, 0.1) is 0 Å². The summed E-state index contributed by atoms with van der Waals surface area (Å²) in [6.45, 7) is 1.09. The normalized spacial score (nSPS) is 15.5. The summed E-state index contributed by atoms with van der Waals surface area (Å²) in [5.41, 5.74) is 4.03. The molecule has 4 rings (SSSR count). The van der Waals surface area contributed by atoms with Gasteiger partial charge in [0.1, 0.15) is 6.04 Å². The molecule has 0 bridgehead atoms. The Labute approximate surface area is 176 Å². The number of aryl methyl sites for hydroxylation is 2. The third-order valence-corrected chi connectivity index (χ3v) is 5.59. The van der Waals surface area contributed by atoms with Crippen LogP contribution in [0.5, 0.6) is 0 Å². The number of hydrogen-bond donors (Lipinski definition) is 0. The van der Waals surface area contributed by atoms with Gasteiger partial charge in [-0.2, -0.15) is 0 Å². The van der Waals surface area contributed by atoms with E-state index in [2.05, 4.69) is 21.7 Å². The molecule has 6 nitrogen and oxygen atoms in total. The number of aromatic nitrogens is 2. The molecule has 1 unspecified atom stereocenters. The average Bonchev–Trinajstić information content (AvgIpc) is 3.19. The third kappa shape index (κ3) is 4.27. The van der Waals surface area contributed by atoms with E-state index in [-0.39, 0.29) is 12.3 Å². The van der Waals surface area contributed by atoms with E-state index >= 15 is 0 Å². The summed E-state index contributed by atoms with van der Waals surface area (Å²) in [6.07, 6.45) is 3.35. The Morgan fingerprint density at radius 2 is 1.70 bits per heavy atom. The highest BCUT2D eigenvalue weighted by Gasteiger charge is 2.37. The number of carbonyl (C=O) groups excluding carboxylic acids is 2. The molecule has 30 heavy (non-hydrogen) atoms. The molecular weight excluding hydrogens is 378 g/mol. The lowest BCUT2D eigenvalue weighted by atomic mass is 10.0. The number of hydrogen-bond acceptors (Lipinski definition) is 4. The topological polar surface area (TPSA) is 64.4 Å². The van der Waals surface area contributed by atoms with Crippen molar-refractivity contribution in [2.24, 2.45) is 0 Å². The zero-order valence-corrected chi connectivity index (χ0v) is 17.0. The van der Waals surface area contributed by atoms with Gasteiger partial charge in [0.25, 0.3) is 0 Å². The fourth-order valence-corrected chi connectivity index (χ4v) is 3.95. The first-order chi connectivity index (χ1) is 14.7. The first kappa shape index (κ1) is 19.9. The zero-order chi connectivity index (χ0) is 20.9. The highest BCUT2D eigenvalue weighted by molar-refractivity contribution is 5.86. The third-order valence-electron chi connectivity index (χ3n) is 5.59. The molecule has 154 valence electrons. The van der Waals surface area contributed by atoms with Gasteiger partial charge >= 0.3 is 5.97 Å². The van der Waals surface area contributed by atoms with Crippen LogP contribution in [-0.2, 0) is 46.7 Å². The number of methoxy groups -OCH3 is 1. The van der Waals surface area contributed by atoms with Crippen LogP contribution in [0.3, 0.4) is 0 Å². The van der Waals surface area contributed by atoms with E-state index in [0.29, 0.717) is 13.0 Å². The van der Waals surface area contributed by atoms with Crippen LogP contribution in [0.1, 0.15) is 22.5 Å². The van der Waals surface area contributed by atoms with Crippen LogP contribution < -0.4 is 0 Å². The van der Waals surface area contributed by atoms with Crippen molar-refractivity contribution in [2.75, 3.05) is 7.11 Å². The Kier molecular flexibility index (Phi) is 5.93. The van der Waals surface area contributed by atoms with Crippen molar-refractivity contribution in [1.82, 2.24) is 14.5 Å². The number of carbonyl (C=O) groups is 2. The van der Waals surface area contributed by atoms with Gasteiger partial charge in [-0.1, -0.05) is 60.7 Å². The maximum Gasteiger partial charge on any atom is 0.328 e. The molecular formula is C24H25N3O3. The fraction of sp³-hybridized carbons (Fsp3) is 0.292. The monoisotopic (exact) mass is 403 g/mol. The largest absolute Gasteiger partial charge is 0.467 e. The Bertz CT molecular complexity index is 1010. The second kappa shape index (κ2) is 8.95. The first-order valence-corrected chi connectivity index (χ1v) is 10.1. The molecule has 2 heterocycles. The summed E-state index contributed by atoms with van der Waals surface area (Å²) in [5, 5.41) is 0. The fourth-order valence-electron chi connectivity index (χ4n) is 3.95. The number of nitrogens with zero attached hydrogens (tertiary/aromatic N) is 3. The minimum Gasteiger partial charge on any atom is -0.467 e. The van der Waals surface area contributed by atoms with Gasteiger partial charge in [-0.25, -0.2) is 9.78 Å². The highest BCUT2D eigenvalue weighted by atomic mass is 16.5. The van der Waals surface area contributed by atoms with Gasteiger partial charge in [0, 0.05) is 18.7 Å². The van der Waals surface area contributed by atoms with E-state index in [1.165, 1.54) is 12.7 Å². The van der Waals surface area contributed by atoms with E-state index in [0.717, 1.165) is 29.9 Å². The van der Waals surface area contributed by atoms with Crippen LogP contribution >= 0.6 is 0 Å². The van der Waals surface area contributed by atoms with Crippen molar-refractivity contribution in [1.29, 1.82) is 0 Å². The Hall–Kier alpha value is -3.41. The Morgan fingerprint density at radius 3 is 2.37 bits per heavy atom. The van der Waals surface area contributed by atoms with Crippen LogP contribution in [0.15, 0.2) is 67.0 Å². The molecule has 6 heteroatoms. The van der Waals surface area contributed by atoms with Gasteiger partial charge in [0.05, 0.1) is 32.1 Å². The van der Waals surface area contributed by atoms with Crippen molar-refractivity contribution < 1.29 is 14.3 Å². The number of imidazole rings is 1. The molecule has 0 radical (unpaired) electrons. The summed E-state index contributed by atoms with van der Waals surface area (Å²) in [6, 6.07) is 19.2. The van der Waals surface area contributed by atoms with Gasteiger partial charge in [0.2, 0.25) is 5.91 Å². The molecule has 1 atom stereocenters. The smallest absolute Gasteiger partial charge is 0.328 e. The molecule has 0 spiro atoms. The summed E-state index contributed by atoms with van der Waals surface area (Å²) in [7, 11) is 1.37. The zero-order valence-electron chi connectivity index (χ0n) is 17.0. The standard InChI is InChI=1S/C24H25N3O3/c1-30-24(29)22-15-21-20(16-27(22)23(28)14-19-10-6-3-7-11-19)25-17-26(21)13-12-18-8-4-2-5-9-18/h2-11,17,22H,12-16H2,1H3. The van der Waals surface area contributed by atoms with Crippen LogP contribution in [0.25, 0.3) is 0 Å². The van der Waals surface area contributed by atoms with Crippen molar-refractivity contribution in [2.45, 2.75) is 38.4 Å². The second-order valence-corrected chi connectivity index (χ2v) is 7.49. The molecule has 0 saturated heterocycles. The van der Waals surface area contributed by atoms with Gasteiger partial charge in [-0.05, 0) is 17.5 Å². The number of esters is 1. The first-order valence-electron chi connectivity index (χ1n) is 10.1. The molecule has 1 aliphatic heterocycles. The van der Waals surface area contributed by atoms with Crippen molar-refractivity contribution >= 4 is 11.9 Å². The van der Waals surface area contributed by atoms with Gasteiger partial charge in [-0.3, -0.25) is 4.79 Å². The van der Waals surface area contributed by atoms with E-state index in [1.54, 1.807) is 4.90 Å². The Balaban J connectivity index is 1.53. The van der Waals surface area contributed by atoms with E-state index in [4.69, 9.17) is 4.74 Å². The predicted octanol–water partition coefficient (Wildman–Crippen LogP) is 2.79. The van der Waals surface area contributed by atoms with Crippen molar-refractivity contribution in [3.05, 3.63) is 89.5 Å². The minimum atomic E-state index is -0.633. The average molecular weight is 403 g/mol. The van der Waals surface area contributed by atoms with Gasteiger partial charge in [0.15, 0.2) is 0 Å².